The summed E-state index contributed by atoms with van der Waals surface area (Å²) >= 11 is 0. The highest BCUT2D eigenvalue weighted by atomic mass is 16.3. The van der Waals surface area contributed by atoms with Crippen LogP contribution in [0.15, 0.2) is 217 Å². The molecule has 0 unspecified atom stereocenters. The van der Waals surface area contributed by atoms with Gasteiger partial charge in [-0.2, -0.15) is 0 Å². The van der Waals surface area contributed by atoms with Gasteiger partial charge in [-0.05, 0) is 72.3 Å². The Balaban J connectivity index is 1.04. The van der Waals surface area contributed by atoms with Crippen molar-refractivity contribution < 1.29 is 4.42 Å². The van der Waals surface area contributed by atoms with Crippen LogP contribution in [0.2, 0.25) is 0 Å². The Morgan fingerprint density at radius 3 is 1.52 bits per heavy atom. The summed E-state index contributed by atoms with van der Waals surface area (Å²) in [5.41, 5.74) is 11.1. The first-order valence-electron chi connectivity index (χ1n) is 20.6. The Morgan fingerprint density at radius 2 is 0.770 bits per heavy atom. The van der Waals surface area contributed by atoms with Crippen molar-refractivity contribution in [2.75, 3.05) is 0 Å². The van der Waals surface area contributed by atoms with E-state index in [0.717, 1.165) is 82.4 Å². The van der Waals surface area contributed by atoms with Gasteiger partial charge < -0.3 is 4.42 Å². The average molecular weight is 778 g/mol. The highest BCUT2D eigenvalue weighted by Crippen LogP contribution is 2.43. The Kier molecular flexibility index (Phi) is 8.13. The van der Waals surface area contributed by atoms with Crippen LogP contribution in [0.3, 0.4) is 0 Å². The van der Waals surface area contributed by atoms with E-state index >= 15 is 0 Å². The van der Waals surface area contributed by atoms with Gasteiger partial charge in [0.1, 0.15) is 11.2 Å². The number of fused-ring (bicyclic) bond motifs is 7. The normalized spacial score (nSPS) is 11.6. The summed E-state index contributed by atoms with van der Waals surface area (Å²) in [5, 5.41) is 8.96. The monoisotopic (exact) mass is 777 g/mol. The van der Waals surface area contributed by atoms with E-state index < -0.39 is 0 Å². The Morgan fingerprint density at radius 1 is 0.279 bits per heavy atom. The van der Waals surface area contributed by atoms with Gasteiger partial charge in [-0.15, -0.1) is 0 Å². The number of furan rings is 1. The third-order valence-electron chi connectivity index (χ3n) is 11.9. The summed E-state index contributed by atoms with van der Waals surface area (Å²) < 4.78 is 6.96. The van der Waals surface area contributed by atoms with Crippen molar-refractivity contribution in [2.24, 2.45) is 0 Å². The van der Waals surface area contributed by atoms with Crippen molar-refractivity contribution in [1.82, 2.24) is 15.0 Å². The molecule has 12 rings (SSSR count). The molecule has 10 aromatic carbocycles. The lowest BCUT2D eigenvalue weighted by Crippen LogP contribution is -2.01. The van der Waals surface area contributed by atoms with Gasteiger partial charge in [0, 0.05) is 33.0 Å². The molecule has 12 aromatic rings. The molecule has 0 radical (unpaired) electrons. The van der Waals surface area contributed by atoms with E-state index in [0.29, 0.717) is 17.5 Å². The molecule has 0 aliphatic rings. The predicted octanol–water partition coefficient (Wildman–Crippen LogP) is 15.2. The van der Waals surface area contributed by atoms with Crippen LogP contribution in [0.5, 0.6) is 0 Å². The molecule has 284 valence electrons. The number of aromatic nitrogens is 3. The lowest BCUT2D eigenvalue weighted by atomic mass is 9.95. The van der Waals surface area contributed by atoms with Crippen LogP contribution in [-0.2, 0) is 0 Å². The molecule has 0 aliphatic carbocycles. The molecule has 0 bridgehead atoms. The van der Waals surface area contributed by atoms with Crippen LogP contribution in [0.4, 0.5) is 0 Å². The molecule has 0 N–H and O–H groups in total. The quantitative estimate of drug-likeness (QED) is 0.169. The fourth-order valence-electron chi connectivity index (χ4n) is 9.02. The van der Waals surface area contributed by atoms with Crippen LogP contribution < -0.4 is 0 Å². The Bertz CT molecular complexity index is 3630. The summed E-state index contributed by atoms with van der Waals surface area (Å²) in [6.07, 6.45) is 0. The third kappa shape index (κ3) is 5.96. The number of rotatable bonds is 6. The minimum Gasteiger partial charge on any atom is -0.455 e. The molecule has 0 saturated carbocycles. The van der Waals surface area contributed by atoms with Gasteiger partial charge in [0.2, 0.25) is 0 Å². The minimum absolute atomic E-state index is 0.584. The first kappa shape index (κ1) is 34.8. The largest absolute Gasteiger partial charge is 0.455 e. The molecule has 0 atom stereocenters. The van der Waals surface area contributed by atoms with E-state index in [1.807, 2.05) is 6.07 Å². The molecule has 2 aromatic heterocycles. The number of nitrogens with zero attached hydrogens (tertiary/aromatic N) is 3. The summed E-state index contributed by atoms with van der Waals surface area (Å²) in [5.74, 6) is 1.81. The van der Waals surface area contributed by atoms with E-state index in [1.165, 1.54) is 21.9 Å². The van der Waals surface area contributed by atoms with E-state index in [-0.39, 0.29) is 0 Å². The van der Waals surface area contributed by atoms with E-state index in [9.17, 15) is 0 Å². The summed E-state index contributed by atoms with van der Waals surface area (Å²) in [7, 11) is 0. The third-order valence-corrected chi connectivity index (χ3v) is 11.9. The molecule has 0 fully saturated rings. The maximum Gasteiger partial charge on any atom is 0.164 e. The zero-order valence-corrected chi connectivity index (χ0v) is 33.0. The van der Waals surface area contributed by atoms with Gasteiger partial charge in [-0.1, -0.05) is 200 Å². The Labute approximate surface area is 352 Å². The number of para-hydroxylation sites is 1. The van der Waals surface area contributed by atoms with E-state index in [4.69, 9.17) is 19.4 Å². The molecule has 0 saturated heterocycles. The number of benzene rings is 10. The van der Waals surface area contributed by atoms with Crippen molar-refractivity contribution in [3.63, 3.8) is 0 Å². The van der Waals surface area contributed by atoms with Crippen molar-refractivity contribution in [2.45, 2.75) is 0 Å². The zero-order valence-electron chi connectivity index (χ0n) is 33.0. The second-order valence-electron chi connectivity index (χ2n) is 15.5. The molecule has 4 heteroatoms. The van der Waals surface area contributed by atoms with Crippen molar-refractivity contribution in [3.05, 3.63) is 212 Å². The average Bonchev–Trinajstić information content (AvgIpc) is 3.73. The molecular formula is C57H35N3O. The molecule has 2 heterocycles. The van der Waals surface area contributed by atoms with Crippen molar-refractivity contribution in [3.8, 4) is 67.5 Å². The SMILES string of the molecule is c1ccc(-c2cccc(-c3nc(-c4cccc5ccccc45)nc(-c4cc5oc6c(-c7ccc(-c8cccc9ccccc89)cc7)cccc6c5c5ccccc45)n3)c2)cc1. The lowest BCUT2D eigenvalue weighted by Gasteiger charge is -2.12. The van der Waals surface area contributed by atoms with Crippen molar-refractivity contribution in [1.29, 1.82) is 0 Å². The lowest BCUT2D eigenvalue weighted by molar-refractivity contribution is 0.670. The standard InChI is InChI=1S/C57H35N3O/c1-2-14-36(15-3-1)41-20-10-21-42(34-41)55-58-56(49-28-12-19-38-17-5-7-23-45(38)49)60-57(59-55)51-35-52-53(48-25-9-8-24-47(48)51)50-29-13-27-46(54(50)61-52)40-32-30-39(31-33-40)44-26-11-18-37-16-4-6-22-43(37)44/h1-35H. The smallest absolute Gasteiger partial charge is 0.164 e. The van der Waals surface area contributed by atoms with E-state index in [1.54, 1.807) is 0 Å². The molecule has 4 nitrogen and oxygen atoms in total. The molecular weight excluding hydrogens is 743 g/mol. The second kappa shape index (κ2) is 14.3. The summed E-state index contributed by atoms with van der Waals surface area (Å²) in [6.45, 7) is 0. The van der Waals surface area contributed by atoms with Gasteiger partial charge in [0.05, 0.1) is 0 Å². The van der Waals surface area contributed by atoms with Gasteiger partial charge in [-0.3, -0.25) is 0 Å². The van der Waals surface area contributed by atoms with Crippen molar-refractivity contribution >= 4 is 54.3 Å². The maximum absolute atomic E-state index is 6.96. The number of hydrogen-bond acceptors (Lipinski definition) is 4. The zero-order chi connectivity index (χ0) is 40.3. The number of hydrogen-bond donors (Lipinski definition) is 0. The highest BCUT2D eigenvalue weighted by Gasteiger charge is 2.21. The van der Waals surface area contributed by atoms with Gasteiger partial charge >= 0.3 is 0 Å². The fraction of sp³-hybridized carbons (Fsp3) is 0. The predicted molar refractivity (Wildman–Crippen MR) is 252 cm³/mol. The van der Waals surface area contributed by atoms with Gasteiger partial charge in [0.15, 0.2) is 17.5 Å². The van der Waals surface area contributed by atoms with Crippen LogP contribution in [-0.4, -0.2) is 15.0 Å². The van der Waals surface area contributed by atoms with Crippen LogP contribution in [0, 0.1) is 0 Å². The minimum atomic E-state index is 0.584. The van der Waals surface area contributed by atoms with Crippen LogP contribution >= 0.6 is 0 Å². The maximum atomic E-state index is 6.96. The second-order valence-corrected chi connectivity index (χ2v) is 15.5. The molecule has 0 amide bonds. The summed E-state index contributed by atoms with van der Waals surface area (Å²) in [6, 6.07) is 74.5. The molecule has 0 spiro atoms. The van der Waals surface area contributed by atoms with Crippen LogP contribution in [0.25, 0.3) is 122 Å². The van der Waals surface area contributed by atoms with E-state index in [2.05, 4.69) is 206 Å². The van der Waals surface area contributed by atoms with Gasteiger partial charge in [-0.25, -0.2) is 15.0 Å². The topological polar surface area (TPSA) is 51.8 Å². The summed E-state index contributed by atoms with van der Waals surface area (Å²) in [4.78, 5) is 15.8. The fourth-order valence-corrected chi connectivity index (χ4v) is 9.02. The van der Waals surface area contributed by atoms with Gasteiger partial charge in [0.25, 0.3) is 0 Å². The first-order chi connectivity index (χ1) is 30.2. The molecule has 61 heavy (non-hydrogen) atoms. The Hall–Kier alpha value is -8.21. The molecule has 0 aliphatic heterocycles. The first-order valence-corrected chi connectivity index (χ1v) is 20.6. The highest BCUT2D eigenvalue weighted by molar-refractivity contribution is 6.23. The van der Waals surface area contributed by atoms with Crippen LogP contribution in [0.1, 0.15) is 0 Å².